The molecule has 0 aliphatic rings. The molecule has 0 saturated carbocycles. The van der Waals surface area contributed by atoms with Gasteiger partial charge in [-0.3, -0.25) is 9.80 Å². The molecule has 0 fully saturated rings. The number of pyridine rings is 1. The van der Waals surface area contributed by atoms with Crippen LogP contribution in [0.5, 0.6) is 0 Å². The second kappa shape index (κ2) is 11.5. The lowest BCUT2D eigenvalue weighted by molar-refractivity contribution is 0.666. The SMILES string of the molecule is c1ccc(N(c2ccc3c(c2)oc2ccccc23)c2cc3oc4cc(N(c5ccccc5)c5ccc6c(c5)oc5ccccc56)nnc4c3cn2)cc1. The van der Waals surface area contributed by atoms with Crippen molar-refractivity contribution in [3.63, 3.8) is 0 Å². The van der Waals surface area contributed by atoms with Gasteiger partial charge in [0.1, 0.15) is 39.2 Å². The van der Waals surface area contributed by atoms with Gasteiger partial charge in [0.15, 0.2) is 11.4 Å². The second-order valence-corrected chi connectivity index (χ2v) is 13.0. The van der Waals surface area contributed by atoms with Crippen molar-refractivity contribution in [2.75, 3.05) is 9.80 Å². The van der Waals surface area contributed by atoms with Crippen molar-refractivity contribution in [3.8, 4) is 0 Å². The lowest BCUT2D eigenvalue weighted by atomic mass is 10.1. The number of hydrogen-bond donors (Lipinski definition) is 0. The molecule has 0 unspecified atom stereocenters. The van der Waals surface area contributed by atoms with Crippen molar-refractivity contribution >= 4 is 100 Å². The van der Waals surface area contributed by atoms with Crippen LogP contribution in [0.15, 0.2) is 177 Å². The zero-order valence-corrected chi connectivity index (χ0v) is 28.0. The number of para-hydroxylation sites is 4. The second-order valence-electron chi connectivity index (χ2n) is 13.0. The number of rotatable bonds is 6. The molecule has 0 bridgehead atoms. The Balaban J connectivity index is 1.03. The molecule has 0 radical (unpaired) electrons. The first-order valence-electron chi connectivity index (χ1n) is 17.3. The molecule has 0 N–H and O–H groups in total. The third kappa shape index (κ3) is 4.73. The summed E-state index contributed by atoms with van der Waals surface area (Å²) in [6.07, 6.45) is 1.81. The highest BCUT2D eigenvalue weighted by molar-refractivity contribution is 6.08. The van der Waals surface area contributed by atoms with E-state index in [4.69, 9.17) is 28.4 Å². The Labute approximate surface area is 301 Å². The molecular weight excluding hydrogens is 659 g/mol. The molecule has 8 nitrogen and oxygen atoms in total. The van der Waals surface area contributed by atoms with E-state index < -0.39 is 0 Å². The van der Waals surface area contributed by atoms with Crippen molar-refractivity contribution in [1.29, 1.82) is 0 Å². The molecule has 0 amide bonds. The zero-order chi connectivity index (χ0) is 34.9. The highest BCUT2D eigenvalue weighted by Gasteiger charge is 2.22. The van der Waals surface area contributed by atoms with E-state index in [2.05, 4.69) is 64.4 Å². The molecule has 53 heavy (non-hydrogen) atoms. The molecule has 0 aliphatic heterocycles. The molecule has 5 aromatic heterocycles. The van der Waals surface area contributed by atoms with Gasteiger partial charge in [0, 0.05) is 63.4 Å². The minimum Gasteiger partial charge on any atom is -0.456 e. The van der Waals surface area contributed by atoms with Crippen molar-refractivity contribution in [2.24, 2.45) is 0 Å². The van der Waals surface area contributed by atoms with Crippen LogP contribution in [0.3, 0.4) is 0 Å². The van der Waals surface area contributed by atoms with Crippen molar-refractivity contribution in [1.82, 2.24) is 15.2 Å². The van der Waals surface area contributed by atoms with Crippen LogP contribution in [-0.4, -0.2) is 15.2 Å². The summed E-state index contributed by atoms with van der Waals surface area (Å²) >= 11 is 0. The first kappa shape index (κ1) is 29.3. The topological polar surface area (TPSA) is 84.6 Å². The summed E-state index contributed by atoms with van der Waals surface area (Å²) in [7, 11) is 0. The molecule has 5 heterocycles. The number of hydrogen-bond acceptors (Lipinski definition) is 8. The molecule has 8 heteroatoms. The molecule has 250 valence electrons. The van der Waals surface area contributed by atoms with E-state index in [-0.39, 0.29) is 0 Å². The Bertz CT molecular complexity index is 2940. The third-order valence-corrected chi connectivity index (χ3v) is 9.80. The Morgan fingerprint density at radius 2 is 0.811 bits per heavy atom. The zero-order valence-electron chi connectivity index (χ0n) is 28.0. The fourth-order valence-corrected chi connectivity index (χ4v) is 7.36. The van der Waals surface area contributed by atoms with Gasteiger partial charge in [-0.1, -0.05) is 72.8 Å². The van der Waals surface area contributed by atoms with Gasteiger partial charge in [-0.25, -0.2) is 4.98 Å². The van der Waals surface area contributed by atoms with Crippen molar-refractivity contribution in [2.45, 2.75) is 0 Å². The number of fused-ring (bicyclic) bond motifs is 9. The lowest BCUT2D eigenvalue weighted by Crippen LogP contribution is -2.12. The maximum atomic E-state index is 6.56. The Morgan fingerprint density at radius 3 is 1.42 bits per heavy atom. The van der Waals surface area contributed by atoms with E-state index in [1.165, 1.54) is 0 Å². The maximum Gasteiger partial charge on any atom is 0.164 e. The normalized spacial score (nSPS) is 11.8. The molecule has 0 saturated heterocycles. The van der Waals surface area contributed by atoms with Crippen LogP contribution in [0, 0.1) is 0 Å². The summed E-state index contributed by atoms with van der Waals surface area (Å²) in [6, 6.07) is 52.8. The predicted molar refractivity (Wildman–Crippen MR) is 211 cm³/mol. The third-order valence-electron chi connectivity index (χ3n) is 9.80. The smallest absolute Gasteiger partial charge is 0.164 e. The van der Waals surface area contributed by atoms with E-state index >= 15 is 0 Å². The van der Waals surface area contributed by atoms with Crippen molar-refractivity contribution in [3.05, 3.63) is 164 Å². The largest absolute Gasteiger partial charge is 0.456 e. The minimum absolute atomic E-state index is 0.602. The van der Waals surface area contributed by atoms with Crippen LogP contribution in [0.1, 0.15) is 0 Å². The number of aromatic nitrogens is 3. The summed E-state index contributed by atoms with van der Waals surface area (Å²) < 4.78 is 19.1. The number of benzene rings is 6. The van der Waals surface area contributed by atoms with Gasteiger partial charge in [-0.15, -0.1) is 10.2 Å². The summed E-state index contributed by atoms with van der Waals surface area (Å²) in [6.45, 7) is 0. The van der Waals surface area contributed by atoms with Crippen LogP contribution >= 0.6 is 0 Å². The summed E-state index contributed by atoms with van der Waals surface area (Å²) in [5.74, 6) is 1.30. The van der Waals surface area contributed by atoms with Crippen LogP contribution in [0.25, 0.3) is 65.9 Å². The lowest BCUT2D eigenvalue weighted by Gasteiger charge is -2.24. The van der Waals surface area contributed by atoms with Crippen LogP contribution < -0.4 is 9.80 Å². The van der Waals surface area contributed by atoms with Crippen LogP contribution in [0.4, 0.5) is 34.4 Å². The number of furan rings is 3. The van der Waals surface area contributed by atoms with Gasteiger partial charge in [-0.2, -0.15) is 0 Å². The first-order valence-corrected chi connectivity index (χ1v) is 17.3. The molecule has 6 aromatic carbocycles. The van der Waals surface area contributed by atoms with Crippen LogP contribution in [0.2, 0.25) is 0 Å². The van der Waals surface area contributed by atoms with Gasteiger partial charge in [0.2, 0.25) is 0 Å². The average molecular weight is 686 g/mol. The Hall–Kier alpha value is -7.45. The van der Waals surface area contributed by atoms with E-state index in [9.17, 15) is 0 Å². The monoisotopic (exact) mass is 685 g/mol. The fraction of sp³-hybridized carbons (Fsp3) is 0. The Kier molecular flexibility index (Phi) is 6.38. The molecule has 0 spiro atoms. The Morgan fingerprint density at radius 1 is 0.340 bits per heavy atom. The molecule has 0 atom stereocenters. The summed E-state index contributed by atoms with van der Waals surface area (Å²) in [5.41, 5.74) is 8.87. The first-order chi connectivity index (χ1) is 26.2. The molecule has 11 rings (SSSR count). The summed E-state index contributed by atoms with van der Waals surface area (Å²) in [5, 5.41) is 14.5. The molecule has 0 aliphatic carbocycles. The van der Waals surface area contributed by atoms with Gasteiger partial charge >= 0.3 is 0 Å². The predicted octanol–water partition coefficient (Wildman–Crippen LogP) is 12.5. The van der Waals surface area contributed by atoms with Gasteiger partial charge in [-0.05, 0) is 60.7 Å². The minimum atomic E-state index is 0.602. The summed E-state index contributed by atoms with van der Waals surface area (Å²) in [4.78, 5) is 9.11. The van der Waals surface area contributed by atoms with E-state index in [0.717, 1.165) is 72.0 Å². The van der Waals surface area contributed by atoms with Gasteiger partial charge in [0.25, 0.3) is 0 Å². The molecule has 11 aromatic rings. The highest BCUT2D eigenvalue weighted by atomic mass is 16.3. The maximum absolute atomic E-state index is 6.56. The van der Waals surface area contributed by atoms with Gasteiger partial charge in [0.05, 0.1) is 16.8 Å². The van der Waals surface area contributed by atoms with Gasteiger partial charge < -0.3 is 13.3 Å². The average Bonchev–Trinajstić information content (AvgIpc) is 3.89. The van der Waals surface area contributed by atoms with Crippen molar-refractivity contribution < 1.29 is 13.3 Å². The van der Waals surface area contributed by atoms with E-state index in [1.54, 1.807) is 0 Å². The van der Waals surface area contributed by atoms with E-state index in [0.29, 0.717) is 28.3 Å². The van der Waals surface area contributed by atoms with E-state index in [1.807, 2.05) is 109 Å². The molecular formula is C45H27N5O3. The standard InChI is InChI=1S/C45H27N5O3/c1-3-11-28(12-4-1)49(30-19-21-34-32-15-7-9-17-37(32)51-39(34)23-30)43-25-41-36(27-46-43)45-42(53-41)26-44(47-48-45)50(29-13-5-2-6-14-29)31-20-22-35-33-16-8-10-18-38(33)52-40(35)24-31/h1-27H. The highest BCUT2D eigenvalue weighted by Crippen LogP contribution is 2.41. The fourth-order valence-electron chi connectivity index (χ4n) is 7.36. The number of nitrogens with zero attached hydrogens (tertiary/aromatic N) is 5. The number of anilines is 6. The van der Waals surface area contributed by atoms with Crippen LogP contribution in [-0.2, 0) is 0 Å². The quantitative estimate of drug-likeness (QED) is 0.171.